The molecule has 0 heterocycles. The maximum absolute atomic E-state index is 8.68. The highest BCUT2D eigenvalue weighted by Gasteiger charge is 2.07. The van der Waals surface area contributed by atoms with E-state index in [0.29, 0.717) is 10.8 Å². The summed E-state index contributed by atoms with van der Waals surface area (Å²) in [6.45, 7) is 3.07. The average Bonchev–Trinajstić information content (AvgIpc) is 2.29. The molecule has 0 spiro atoms. The van der Waals surface area contributed by atoms with Crippen LogP contribution in [0.4, 0.5) is 0 Å². The molecule has 1 rings (SSSR count). The topological polar surface area (TPSA) is 41.5 Å². The molecule has 2 N–H and O–H groups in total. The first-order chi connectivity index (χ1) is 7.69. The number of hydrogen-bond acceptors (Lipinski definition) is 3. The number of benzene rings is 1. The number of nitrogens with one attached hydrogen (secondary N) is 1. The minimum atomic E-state index is 0.211. The van der Waals surface area contributed by atoms with Gasteiger partial charge in [-0.3, -0.25) is 0 Å². The van der Waals surface area contributed by atoms with Gasteiger partial charge < -0.3 is 15.2 Å². The fraction of sp³-hybridized carbons (Fsp3) is 0.500. The summed E-state index contributed by atoms with van der Waals surface area (Å²) in [5.41, 5.74) is 1.11. The van der Waals surface area contributed by atoms with Crippen LogP contribution in [-0.4, -0.2) is 25.4 Å². The van der Waals surface area contributed by atoms with E-state index in [9.17, 15) is 0 Å². The minimum absolute atomic E-state index is 0.211. The highest BCUT2D eigenvalue weighted by Crippen LogP contribution is 2.27. The summed E-state index contributed by atoms with van der Waals surface area (Å²) in [4.78, 5) is 0. The molecule has 90 valence electrons. The van der Waals surface area contributed by atoms with Crippen LogP contribution < -0.4 is 10.1 Å². The smallest absolute Gasteiger partial charge is 0.137 e. The lowest BCUT2D eigenvalue weighted by atomic mass is 10.1. The molecule has 1 aromatic rings. The molecule has 1 aromatic carbocycles. The Morgan fingerprint density at radius 2 is 2.25 bits per heavy atom. The Kier molecular flexibility index (Phi) is 5.60. The molecule has 0 fully saturated rings. The third kappa shape index (κ3) is 3.67. The van der Waals surface area contributed by atoms with E-state index in [1.807, 2.05) is 18.2 Å². The summed E-state index contributed by atoms with van der Waals surface area (Å²) < 4.78 is 5.09. The first-order valence-corrected chi connectivity index (χ1v) is 5.74. The molecule has 16 heavy (non-hydrogen) atoms. The number of aliphatic hydroxyl groups excluding tert-OH is 1. The molecule has 1 atom stereocenters. The predicted octanol–water partition coefficient (Wildman–Crippen LogP) is 2.38. The van der Waals surface area contributed by atoms with Crippen LogP contribution in [0, 0.1) is 0 Å². The standard InChI is InChI=1S/C12H18ClNO2/c1-9(14-6-3-7-15)10-4-5-12(16-2)11(13)8-10/h4-5,8-9,14-15H,3,6-7H2,1-2H3. The lowest BCUT2D eigenvalue weighted by Crippen LogP contribution is -2.20. The average molecular weight is 244 g/mol. The third-order valence-corrected chi connectivity index (χ3v) is 2.76. The molecule has 0 amide bonds. The van der Waals surface area contributed by atoms with Crippen LogP contribution in [0.5, 0.6) is 5.75 Å². The molecule has 0 aliphatic heterocycles. The molecular weight excluding hydrogens is 226 g/mol. The van der Waals surface area contributed by atoms with E-state index in [1.54, 1.807) is 7.11 Å². The predicted molar refractivity (Wildman–Crippen MR) is 66.1 cm³/mol. The minimum Gasteiger partial charge on any atom is -0.495 e. The zero-order valence-electron chi connectivity index (χ0n) is 9.66. The van der Waals surface area contributed by atoms with Crippen LogP contribution in [0.1, 0.15) is 24.9 Å². The van der Waals surface area contributed by atoms with E-state index in [0.717, 1.165) is 18.5 Å². The van der Waals surface area contributed by atoms with E-state index in [1.165, 1.54) is 0 Å². The van der Waals surface area contributed by atoms with E-state index in [4.69, 9.17) is 21.4 Å². The van der Waals surface area contributed by atoms with Crippen molar-refractivity contribution in [2.75, 3.05) is 20.3 Å². The molecule has 0 saturated heterocycles. The molecule has 0 bridgehead atoms. The normalized spacial score (nSPS) is 12.5. The lowest BCUT2D eigenvalue weighted by Gasteiger charge is -2.15. The summed E-state index contributed by atoms with van der Waals surface area (Å²) in [6, 6.07) is 5.97. The molecule has 1 unspecified atom stereocenters. The van der Waals surface area contributed by atoms with Crippen LogP contribution in [0.2, 0.25) is 5.02 Å². The number of aliphatic hydroxyl groups is 1. The van der Waals surface area contributed by atoms with Crippen LogP contribution in [0.15, 0.2) is 18.2 Å². The molecule has 0 saturated carbocycles. The van der Waals surface area contributed by atoms with E-state index >= 15 is 0 Å². The van der Waals surface area contributed by atoms with Crippen LogP contribution in [0.3, 0.4) is 0 Å². The lowest BCUT2D eigenvalue weighted by molar-refractivity contribution is 0.284. The maximum Gasteiger partial charge on any atom is 0.137 e. The number of halogens is 1. The van der Waals surface area contributed by atoms with Crippen LogP contribution in [0.25, 0.3) is 0 Å². The molecule has 0 aromatic heterocycles. The molecule has 0 aliphatic rings. The van der Waals surface area contributed by atoms with E-state index in [-0.39, 0.29) is 12.6 Å². The van der Waals surface area contributed by atoms with Crippen molar-refractivity contribution in [3.8, 4) is 5.75 Å². The van der Waals surface area contributed by atoms with Crippen molar-refractivity contribution >= 4 is 11.6 Å². The fourth-order valence-electron chi connectivity index (χ4n) is 1.47. The quantitative estimate of drug-likeness (QED) is 0.754. The molecular formula is C12H18ClNO2. The SMILES string of the molecule is COc1ccc(C(C)NCCCO)cc1Cl. The van der Waals surface area contributed by atoms with Gasteiger partial charge in [0.05, 0.1) is 12.1 Å². The van der Waals surface area contributed by atoms with Gasteiger partial charge in [-0.1, -0.05) is 17.7 Å². The second-order valence-electron chi connectivity index (χ2n) is 3.65. The second kappa shape index (κ2) is 6.74. The van der Waals surface area contributed by atoms with Gasteiger partial charge >= 0.3 is 0 Å². The summed E-state index contributed by atoms with van der Waals surface area (Å²) in [6.07, 6.45) is 0.758. The van der Waals surface area contributed by atoms with Gasteiger partial charge in [-0.25, -0.2) is 0 Å². The van der Waals surface area contributed by atoms with Gasteiger partial charge in [0.2, 0.25) is 0 Å². The van der Waals surface area contributed by atoms with Crippen molar-refractivity contribution in [3.63, 3.8) is 0 Å². The van der Waals surface area contributed by atoms with Crippen molar-refractivity contribution < 1.29 is 9.84 Å². The molecule has 0 radical (unpaired) electrons. The van der Waals surface area contributed by atoms with Gasteiger partial charge in [-0.05, 0) is 37.6 Å². The Hall–Kier alpha value is -0.770. The first kappa shape index (κ1) is 13.3. The van der Waals surface area contributed by atoms with Crippen molar-refractivity contribution in [2.24, 2.45) is 0 Å². The summed E-state index contributed by atoms with van der Waals surface area (Å²) in [7, 11) is 1.60. The highest BCUT2D eigenvalue weighted by atomic mass is 35.5. The van der Waals surface area contributed by atoms with Crippen molar-refractivity contribution in [3.05, 3.63) is 28.8 Å². The molecule has 3 nitrogen and oxygen atoms in total. The van der Waals surface area contributed by atoms with Gasteiger partial charge in [0, 0.05) is 12.6 Å². The fourth-order valence-corrected chi connectivity index (χ4v) is 1.73. The molecule has 4 heteroatoms. The van der Waals surface area contributed by atoms with Gasteiger partial charge in [0.15, 0.2) is 0 Å². The van der Waals surface area contributed by atoms with Crippen LogP contribution in [-0.2, 0) is 0 Å². The highest BCUT2D eigenvalue weighted by molar-refractivity contribution is 6.32. The van der Waals surface area contributed by atoms with Gasteiger partial charge in [0.25, 0.3) is 0 Å². The van der Waals surface area contributed by atoms with E-state index in [2.05, 4.69) is 12.2 Å². The van der Waals surface area contributed by atoms with Crippen molar-refractivity contribution in [2.45, 2.75) is 19.4 Å². The maximum atomic E-state index is 8.68. The zero-order valence-corrected chi connectivity index (χ0v) is 10.4. The Morgan fingerprint density at radius 3 is 2.81 bits per heavy atom. The van der Waals surface area contributed by atoms with Crippen molar-refractivity contribution in [1.29, 1.82) is 0 Å². The number of methoxy groups -OCH3 is 1. The van der Waals surface area contributed by atoms with Gasteiger partial charge in [-0.2, -0.15) is 0 Å². The first-order valence-electron chi connectivity index (χ1n) is 5.36. The Bertz CT molecular complexity index is 331. The largest absolute Gasteiger partial charge is 0.495 e. The number of hydrogen-bond donors (Lipinski definition) is 2. The second-order valence-corrected chi connectivity index (χ2v) is 4.05. The third-order valence-electron chi connectivity index (χ3n) is 2.46. The number of rotatable bonds is 6. The summed E-state index contributed by atoms with van der Waals surface area (Å²) >= 11 is 6.04. The van der Waals surface area contributed by atoms with Crippen molar-refractivity contribution in [1.82, 2.24) is 5.32 Å². The van der Waals surface area contributed by atoms with Gasteiger partial charge in [0.1, 0.15) is 5.75 Å². The Balaban J connectivity index is 2.62. The summed E-state index contributed by atoms with van der Waals surface area (Å²) in [5, 5.41) is 12.6. The Morgan fingerprint density at radius 1 is 1.50 bits per heavy atom. The van der Waals surface area contributed by atoms with Crippen LogP contribution >= 0.6 is 11.6 Å². The monoisotopic (exact) mass is 243 g/mol. The van der Waals surface area contributed by atoms with Gasteiger partial charge in [-0.15, -0.1) is 0 Å². The Labute approximate surface area is 101 Å². The zero-order chi connectivity index (χ0) is 12.0. The van der Waals surface area contributed by atoms with E-state index < -0.39 is 0 Å². The number of ether oxygens (including phenoxy) is 1. The molecule has 0 aliphatic carbocycles. The summed E-state index contributed by atoms with van der Waals surface area (Å²) in [5.74, 6) is 0.688.